The Bertz CT molecular complexity index is 1670. The van der Waals surface area contributed by atoms with Gasteiger partial charge in [0.15, 0.2) is 17.6 Å². The molecule has 9 heteroatoms. The predicted molar refractivity (Wildman–Crippen MR) is 191 cm³/mol. The Morgan fingerprint density at radius 1 is 0.894 bits per heavy atom. The number of anilines is 1. The zero-order chi connectivity index (χ0) is 32.4. The number of imidazole rings is 1. The molecule has 2 N–H and O–H groups in total. The molecule has 0 unspecified atom stereocenters. The van der Waals surface area contributed by atoms with Gasteiger partial charge in [-0.15, -0.1) is 0 Å². The molecule has 4 aromatic carbocycles. The summed E-state index contributed by atoms with van der Waals surface area (Å²) in [5.41, 5.74) is 4.51. The average Bonchev–Trinajstić information content (AvgIpc) is 3.56. The van der Waals surface area contributed by atoms with Crippen molar-refractivity contribution in [1.29, 1.82) is 0 Å². The quantitative estimate of drug-likeness (QED) is 0.164. The summed E-state index contributed by atoms with van der Waals surface area (Å²) >= 11 is 12.1. The first kappa shape index (κ1) is 33.2. The summed E-state index contributed by atoms with van der Waals surface area (Å²) < 4.78 is 18.0. The summed E-state index contributed by atoms with van der Waals surface area (Å²) in [5.74, 6) is 3.18. The summed E-state index contributed by atoms with van der Waals surface area (Å²) in [6.45, 7) is 7.00. The highest BCUT2D eigenvalue weighted by molar-refractivity contribution is 6.42. The van der Waals surface area contributed by atoms with Crippen LogP contribution in [0.3, 0.4) is 0 Å². The number of halogens is 2. The Morgan fingerprint density at radius 2 is 1.64 bits per heavy atom. The number of benzene rings is 4. The molecule has 2 fully saturated rings. The number of fused-ring (bicyclic) bond motifs is 1. The van der Waals surface area contributed by atoms with Crippen LogP contribution in [0.5, 0.6) is 11.5 Å². The number of hydrogen-bond acceptors (Lipinski definition) is 6. The van der Waals surface area contributed by atoms with Crippen molar-refractivity contribution in [3.8, 4) is 11.5 Å². The number of hydrogen-bond donors (Lipinski definition) is 2. The third-order valence-corrected chi connectivity index (χ3v) is 9.36. The van der Waals surface area contributed by atoms with Crippen molar-refractivity contribution >= 4 is 40.2 Å². The summed E-state index contributed by atoms with van der Waals surface area (Å²) in [4.78, 5) is 10.5. The highest BCUT2D eigenvalue weighted by Gasteiger charge is 2.28. The molecule has 7 rings (SSSR count). The van der Waals surface area contributed by atoms with Crippen LogP contribution in [0.1, 0.15) is 37.0 Å². The first-order valence-electron chi connectivity index (χ1n) is 16.5. The van der Waals surface area contributed by atoms with Crippen LogP contribution >= 0.6 is 23.2 Å². The smallest absolute Gasteiger partial charge is 0.203 e. The maximum atomic E-state index is 6.33. The zero-order valence-electron chi connectivity index (χ0n) is 26.7. The van der Waals surface area contributed by atoms with E-state index in [1.54, 1.807) is 0 Å². The average molecular weight is 674 g/mol. The van der Waals surface area contributed by atoms with Crippen molar-refractivity contribution in [1.82, 2.24) is 15.3 Å². The van der Waals surface area contributed by atoms with Crippen molar-refractivity contribution in [2.45, 2.75) is 38.4 Å². The summed E-state index contributed by atoms with van der Waals surface area (Å²) in [5, 5.41) is 4.65. The lowest BCUT2D eigenvalue weighted by Crippen LogP contribution is -2.43. The molecule has 0 amide bonds. The molecule has 0 spiro atoms. The second kappa shape index (κ2) is 16.4. The number of para-hydroxylation sites is 4. The number of rotatable bonds is 9. The van der Waals surface area contributed by atoms with E-state index in [-0.39, 0.29) is 12.2 Å². The fourth-order valence-electron chi connectivity index (χ4n) is 6.18. The molecule has 0 radical (unpaired) electrons. The first-order valence-corrected chi connectivity index (χ1v) is 17.2. The molecule has 2 aliphatic rings. The van der Waals surface area contributed by atoms with Crippen LogP contribution in [-0.4, -0.2) is 55.5 Å². The number of piperidine rings is 1. The van der Waals surface area contributed by atoms with E-state index in [2.05, 4.69) is 39.5 Å². The van der Waals surface area contributed by atoms with Crippen LogP contribution in [0.15, 0.2) is 97.1 Å². The molecule has 0 saturated carbocycles. The molecule has 7 nitrogen and oxygen atoms in total. The number of nitrogens with zero attached hydrogens (tertiary/aromatic N) is 2. The van der Waals surface area contributed by atoms with Gasteiger partial charge in [-0.3, -0.25) is 0 Å². The molecule has 0 bridgehead atoms. The van der Waals surface area contributed by atoms with Gasteiger partial charge in [0.1, 0.15) is 6.10 Å². The Morgan fingerprint density at radius 3 is 2.36 bits per heavy atom. The van der Waals surface area contributed by atoms with Crippen LogP contribution in [0, 0.1) is 5.92 Å². The van der Waals surface area contributed by atoms with E-state index in [4.69, 9.17) is 42.4 Å². The van der Waals surface area contributed by atoms with E-state index in [0.29, 0.717) is 29.2 Å². The molecule has 5 aromatic rings. The predicted octanol–water partition coefficient (Wildman–Crippen LogP) is 8.52. The number of H-pyrrole nitrogens is 1. The SMILES string of the molecule is CCOc1ccccc1O[C@@H](c1ccccc1)[C@H]1CNCCO1.Clc1ccc(CC2CCN(c3nc4ccccc4[nH]3)CC2)cc1Cl. The van der Waals surface area contributed by atoms with Gasteiger partial charge >= 0.3 is 0 Å². The van der Waals surface area contributed by atoms with E-state index < -0.39 is 0 Å². The van der Waals surface area contributed by atoms with E-state index >= 15 is 0 Å². The number of nitrogens with one attached hydrogen (secondary N) is 2. The van der Waals surface area contributed by atoms with Gasteiger partial charge in [-0.2, -0.15) is 0 Å². The van der Waals surface area contributed by atoms with Gasteiger partial charge in [0.2, 0.25) is 5.95 Å². The molecular formula is C38H42Cl2N4O3. The molecule has 47 heavy (non-hydrogen) atoms. The molecule has 2 atom stereocenters. The van der Waals surface area contributed by atoms with Crippen LogP contribution < -0.4 is 19.7 Å². The fourth-order valence-corrected chi connectivity index (χ4v) is 6.50. The van der Waals surface area contributed by atoms with Gasteiger partial charge in [-0.05, 0) is 79.6 Å². The van der Waals surface area contributed by atoms with Gasteiger partial charge in [-0.25, -0.2) is 4.98 Å². The van der Waals surface area contributed by atoms with E-state index in [1.165, 1.54) is 5.56 Å². The topological polar surface area (TPSA) is 71.6 Å². The second-order valence-corrected chi connectivity index (χ2v) is 12.7. The Labute approximate surface area is 287 Å². The molecule has 3 heterocycles. The van der Waals surface area contributed by atoms with Gasteiger partial charge in [-0.1, -0.05) is 83.9 Å². The van der Waals surface area contributed by atoms with Gasteiger partial charge in [0.05, 0.1) is 34.3 Å². The van der Waals surface area contributed by atoms with Crippen molar-refractivity contribution in [2.24, 2.45) is 5.92 Å². The highest BCUT2D eigenvalue weighted by Crippen LogP contribution is 2.34. The van der Waals surface area contributed by atoms with Gasteiger partial charge in [0, 0.05) is 26.2 Å². The second-order valence-electron chi connectivity index (χ2n) is 11.9. The molecule has 0 aliphatic carbocycles. The van der Waals surface area contributed by atoms with Crippen LogP contribution in [0.4, 0.5) is 5.95 Å². The molecule has 2 aliphatic heterocycles. The Kier molecular flexibility index (Phi) is 11.6. The zero-order valence-corrected chi connectivity index (χ0v) is 28.2. The maximum absolute atomic E-state index is 6.33. The van der Waals surface area contributed by atoms with Crippen LogP contribution in [0.2, 0.25) is 10.0 Å². The number of aromatic nitrogens is 2. The van der Waals surface area contributed by atoms with Crippen LogP contribution in [-0.2, 0) is 11.2 Å². The van der Waals surface area contributed by atoms with E-state index in [1.807, 2.05) is 79.7 Å². The highest BCUT2D eigenvalue weighted by atomic mass is 35.5. The summed E-state index contributed by atoms with van der Waals surface area (Å²) in [6.07, 6.45) is 3.19. The number of morpholine rings is 1. The fraction of sp³-hybridized carbons (Fsp3) is 0.342. The Hall–Kier alpha value is -3.75. The lowest BCUT2D eigenvalue weighted by Gasteiger charge is -2.32. The summed E-state index contributed by atoms with van der Waals surface area (Å²) in [7, 11) is 0. The third kappa shape index (κ3) is 8.79. The molecule has 1 aromatic heterocycles. The lowest BCUT2D eigenvalue weighted by atomic mass is 9.90. The van der Waals surface area contributed by atoms with Crippen molar-refractivity contribution in [2.75, 3.05) is 44.3 Å². The van der Waals surface area contributed by atoms with Gasteiger partial charge in [0.25, 0.3) is 0 Å². The van der Waals surface area contributed by atoms with Crippen molar-refractivity contribution < 1.29 is 14.2 Å². The minimum atomic E-state index is -0.175. The Balaban J connectivity index is 0.000000165. The maximum Gasteiger partial charge on any atom is 0.203 e. The molecule has 246 valence electrons. The largest absolute Gasteiger partial charge is 0.490 e. The van der Waals surface area contributed by atoms with E-state index in [0.717, 1.165) is 79.5 Å². The number of ether oxygens (including phenoxy) is 3. The molecular weight excluding hydrogens is 631 g/mol. The minimum absolute atomic E-state index is 0.0270. The normalized spacial score (nSPS) is 17.5. The summed E-state index contributed by atoms with van der Waals surface area (Å²) in [6, 6.07) is 32.1. The number of aromatic amines is 1. The minimum Gasteiger partial charge on any atom is -0.490 e. The van der Waals surface area contributed by atoms with Crippen LogP contribution in [0.25, 0.3) is 11.0 Å². The lowest BCUT2D eigenvalue weighted by molar-refractivity contribution is -0.0439. The van der Waals surface area contributed by atoms with E-state index in [9.17, 15) is 0 Å². The first-order chi connectivity index (χ1) is 23.1. The monoisotopic (exact) mass is 672 g/mol. The van der Waals surface area contributed by atoms with Crippen molar-refractivity contribution in [3.05, 3.63) is 118 Å². The van der Waals surface area contributed by atoms with Crippen molar-refractivity contribution in [3.63, 3.8) is 0 Å². The molecule has 2 saturated heterocycles. The van der Waals surface area contributed by atoms with Gasteiger partial charge < -0.3 is 29.4 Å². The standard InChI is InChI=1S/C19H19Cl2N3.C19H23NO3/c20-15-6-5-14(12-16(15)21)11-13-7-9-24(10-8-13)19-22-17-3-1-2-4-18(17)23-19;1-2-21-16-10-6-7-11-17(16)23-19(15-8-4-3-5-9-15)18-14-20-12-13-22-18/h1-6,12-13H,7-11H2,(H,22,23);3-11,18-20H,2,12-14H2,1H3/t;18-,19+/m.1/s1. The third-order valence-electron chi connectivity index (χ3n) is 8.62.